The highest BCUT2D eigenvalue weighted by molar-refractivity contribution is 6.13. The second kappa shape index (κ2) is 6.25. The Morgan fingerprint density at radius 2 is 1.24 bits per heavy atom. The summed E-state index contributed by atoms with van der Waals surface area (Å²) in [4.78, 5) is 13.0. The predicted molar refractivity (Wildman–Crippen MR) is 104 cm³/mol. The van der Waals surface area contributed by atoms with E-state index in [-0.39, 0.29) is 5.78 Å². The zero-order valence-electron chi connectivity index (χ0n) is 13.6. The maximum absolute atomic E-state index is 13.0. The highest BCUT2D eigenvalue weighted by Gasteiger charge is 2.16. The van der Waals surface area contributed by atoms with Gasteiger partial charge in [-0.25, -0.2) is 0 Å². The summed E-state index contributed by atoms with van der Waals surface area (Å²) in [6, 6.07) is 29.1. The van der Waals surface area contributed by atoms with Crippen molar-refractivity contribution < 1.29 is 4.79 Å². The number of carbonyl (C=O) groups is 1. The standard InChI is InChI=1S/C23H17NO/c24-22-15-18-11-5-4-10-17(18)14-21(22)19-12-6-7-13-20(19)23(25)16-8-2-1-3-9-16/h1-15H,24H2. The molecule has 0 heterocycles. The summed E-state index contributed by atoms with van der Waals surface area (Å²) in [6.45, 7) is 0. The molecule has 4 aromatic rings. The molecule has 120 valence electrons. The molecule has 0 fully saturated rings. The van der Waals surface area contributed by atoms with Crippen molar-refractivity contribution in [2.45, 2.75) is 0 Å². The summed E-state index contributed by atoms with van der Waals surface area (Å²) in [6.07, 6.45) is 0. The van der Waals surface area contributed by atoms with Crippen molar-refractivity contribution in [1.29, 1.82) is 0 Å². The van der Waals surface area contributed by atoms with E-state index < -0.39 is 0 Å². The molecule has 0 radical (unpaired) electrons. The van der Waals surface area contributed by atoms with Gasteiger partial charge < -0.3 is 5.73 Å². The van der Waals surface area contributed by atoms with E-state index in [0.717, 1.165) is 21.9 Å². The minimum atomic E-state index is 0.00348. The van der Waals surface area contributed by atoms with Crippen LogP contribution in [-0.4, -0.2) is 5.78 Å². The molecule has 4 aromatic carbocycles. The van der Waals surface area contributed by atoms with E-state index in [4.69, 9.17) is 5.73 Å². The van der Waals surface area contributed by atoms with E-state index in [0.29, 0.717) is 16.8 Å². The number of anilines is 1. The van der Waals surface area contributed by atoms with E-state index in [9.17, 15) is 4.79 Å². The quantitative estimate of drug-likeness (QED) is 0.409. The SMILES string of the molecule is Nc1cc2ccccc2cc1-c1ccccc1C(=O)c1ccccc1. The van der Waals surface area contributed by atoms with Gasteiger partial charge in [-0.05, 0) is 28.5 Å². The normalized spacial score (nSPS) is 10.7. The first kappa shape index (κ1) is 15.2. The lowest BCUT2D eigenvalue weighted by Crippen LogP contribution is -2.04. The van der Waals surface area contributed by atoms with E-state index >= 15 is 0 Å². The van der Waals surface area contributed by atoms with Crippen LogP contribution in [0.15, 0.2) is 91.0 Å². The molecule has 25 heavy (non-hydrogen) atoms. The lowest BCUT2D eigenvalue weighted by molar-refractivity contribution is 0.103. The van der Waals surface area contributed by atoms with E-state index in [1.54, 1.807) is 0 Å². The third-order valence-electron chi connectivity index (χ3n) is 4.42. The smallest absolute Gasteiger partial charge is 0.193 e. The molecule has 2 nitrogen and oxygen atoms in total. The molecule has 0 atom stereocenters. The van der Waals surface area contributed by atoms with Gasteiger partial charge in [0, 0.05) is 22.4 Å². The molecule has 0 bridgehead atoms. The van der Waals surface area contributed by atoms with Crippen LogP contribution in [0.2, 0.25) is 0 Å². The van der Waals surface area contributed by atoms with E-state index in [1.807, 2.05) is 78.9 Å². The minimum absolute atomic E-state index is 0.00348. The van der Waals surface area contributed by atoms with Gasteiger partial charge in [-0.2, -0.15) is 0 Å². The van der Waals surface area contributed by atoms with Gasteiger partial charge in [0.15, 0.2) is 5.78 Å². The topological polar surface area (TPSA) is 43.1 Å². The van der Waals surface area contributed by atoms with Crippen molar-refractivity contribution in [2.24, 2.45) is 0 Å². The Morgan fingerprint density at radius 1 is 0.640 bits per heavy atom. The average molecular weight is 323 g/mol. The minimum Gasteiger partial charge on any atom is -0.398 e. The first-order valence-corrected chi connectivity index (χ1v) is 8.21. The Kier molecular flexibility index (Phi) is 3.79. The number of benzene rings is 4. The summed E-state index contributed by atoms with van der Waals surface area (Å²) in [5.41, 5.74) is 10.1. The molecule has 2 N–H and O–H groups in total. The molecule has 0 spiro atoms. The molecule has 0 saturated heterocycles. The molecule has 0 aromatic heterocycles. The van der Waals surface area contributed by atoms with Crippen molar-refractivity contribution in [2.75, 3.05) is 5.73 Å². The largest absolute Gasteiger partial charge is 0.398 e. The summed E-state index contributed by atoms with van der Waals surface area (Å²) < 4.78 is 0. The van der Waals surface area contributed by atoms with Gasteiger partial charge in [0.25, 0.3) is 0 Å². The first-order valence-electron chi connectivity index (χ1n) is 8.21. The lowest BCUT2D eigenvalue weighted by Gasteiger charge is -2.13. The summed E-state index contributed by atoms with van der Waals surface area (Å²) in [5.74, 6) is 0.00348. The lowest BCUT2D eigenvalue weighted by atomic mass is 9.92. The first-order chi connectivity index (χ1) is 12.2. The average Bonchev–Trinajstić information content (AvgIpc) is 2.67. The van der Waals surface area contributed by atoms with Crippen LogP contribution in [-0.2, 0) is 0 Å². The summed E-state index contributed by atoms with van der Waals surface area (Å²) in [7, 11) is 0. The van der Waals surface area contributed by atoms with Gasteiger partial charge in [-0.3, -0.25) is 4.79 Å². The Hall–Kier alpha value is -3.39. The van der Waals surface area contributed by atoms with Crippen LogP contribution in [0.3, 0.4) is 0 Å². The monoisotopic (exact) mass is 323 g/mol. The highest BCUT2D eigenvalue weighted by atomic mass is 16.1. The molecule has 0 saturated carbocycles. The molecular weight excluding hydrogens is 306 g/mol. The van der Waals surface area contributed by atoms with Crippen molar-refractivity contribution in [1.82, 2.24) is 0 Å². The van der Waals surface area contributed by atoms with E-state index in [2.05, 4.69) is 12.1 Å². The number of carbonyl (C=O) groups excluding carboxylic acids is 1. The Balaban J connectivity index is 1.90. The summed E-state index contributed by atoms with van der Waals surface area (Å²) in [5, 5.41) is 2.20. The van der Waals surface area contributed by atoms with Gasteiger partial charge in [-0.1, -0.05) is 78.9 Å². The van der Waals surface area contributed by atoms with Crippen molar-refractivity contribution >= 4 is 22.2 Å². The molecule has 0 unspecified atom stereocenters. The van der Waals surface area contributed by atoms with Crippen LogP contribution < -0.4 is 5.73 Å². The van der Waals surface area contributed by atoms with Gasteiger partial charge in [0.2, 0.25) is 0 Å². The van der Waals surface area contributed by atoms with Crippen LogP contribution in [0.1, 0.15) is 15.9 Å². The van der Waals surface area contributed by atoms with Gasteiger partial charge in [-0.15, -0.1) is 0 Å². The number of rotatable bonds is 3. The number of fused-ring (bicyclic) bond motifs is 1. The van der Waals surface area contributed by atoms with Crippen molar-refractivity contribution in [3.63, 3.8) is 0 Å². The number of nitrogen functional groups attached to an aromatic ring is 1. The zero-order chi connectivity index (χ0) is 17.2. The number of hydrogen-bond donors (Lipinski definition) is 1. The molecular formula is C23H17NO. The van der Waals surface area contributed by atoms with Crippen molar-refractivity contribution in [3.05, 3.63) is 102 Å². The molecule has 0 amide bonds. The van der Waals surface area contributed by atoms with E-state index in [1.165, 1.54) is 0 Å². The second-order valence-corrected chi connectivity index (χ2v) is 6.03. The molecule has 0 aliphatic rings. The molecule has 2 heteroatoms. The molecule has 0 aliphatic carbocycles. The second-order valence-electron chi connectivity index (χ2n) is 6.03. The third kappa shape index (κ3) is 2.79. The predicted octanol–water partition coefficient (Wildman–Crippen LogP) is 5.32. The van der Waals surface area contributed by atoms with Gasteiger partial charge in [0.1, 0.15) is 0 Å². The third-order valence-corrected chi connectivity index (χ3v) is 4.42. The highest BCUT2D eigenvalue weighted by Crippen LogP contribution is 2.33. The summed E-state index contributed by atoms with van der Waals surface area (Å²) >= 11 is 0. The molecule has 0 aliphatic heterocycles. The van der Waals surface area contributed by atoms with Gasteiger partial charge >= 0.3 is 0 Å². The van der Waals surface area contributed by atoms with Crippen LogP contribution in [0.4, 0.5) is 5.69 Å². The van der Waals surface area contributed by atoms with Crippen LogP contribution in [0.25, 0.3) is 21.9 Å². The molecule has 4 rings (SSSR count). The van der Waals surface area contributed by atoms with Crippen LogP contribution >= 0.6 is 0 Å². The Labute approximate surface area is 146 Å². The maximum atomic E-state index is 13.0. The van der Waals surface area contributed by atoms with Crippen LogP contribution in [0.5, 0.6) is 0 Å². The fraction of sp³-hybridized carbons (Fsp3) is 0. The van der Waals surface area contributed by atoms with Crippen LogP contribution in [0, 0.1) is 0 Å². The number of nitrogens with two attached hydrogens (primary N) is 1. The fourth-order valence-electron chi connectivity index (χ4n) is 3.15. The van der Waals surface area contributed by atoms with Gasteiger partial charge in [0.05, 0.1) is 0 Å². The fourth-order valence-corrected chi connectivity index (χ4v) is 3.15. The zero-order valence-corrected chi connectivity index (χ0v) is 13.6. The Bertz CT molecular complexity index is 1070. The number of hydrogen-bond acceptors (Lipinski definition) is 2. The maximum Gasteiger partial charge on any atom is 0.193 e. The number of ketones is 1. The Morgan fingerprint density at radius 3 is 2.00 bits per heavy atom. The van der Waals surface area contributed by atoms with Crippen molar-refractivity contribution in [3.8, 4) is 11.1 Å².